The van der Waals surface area contributed by atoms with Crippen molar-refractivity contribution in [2.45, 2.75) is 39.2 Å². The molecule has 0 aliphatic carbocycles. The van der Waals surface area contributed by atoms with Crippen LogP contribution in [0.15, 0.2) is 24.3 Å². The van der Waals surface area contributed by atoms with Gasteiger partial charge in [0, 0.05) is 26.1 Å². The molecular formula is C16H24N2O. The standard InChI is InChI=1S/C16H24N2O/c1-4-18-10-15(9-16(11-18)17-13(3)19)14-7-5-12(2)6-8-14/h5-8,15-16H,4,9-11H2,1-3H3,(H,17,19). The summed E-state index contributed by atoms with van der Waals surface area (Å²) in [6.45, 7) is 9.00. The molecule has 104 valence electrons. The Hall–Kier alpha value is -1.35. The fourth-order valence-corrected chi connectivity index (χ4v) is 2.92. The van der Waals surface area contributed by atoms with Crippen molar-refractivity contribution in [2.24, 2.45) is 0 Å². The van der Waals surface area contributed by atoms with Gasteiger partial charge < -0.3 is 10.2 Å². The van der Waals surface area contributed by atoms with Gasteiger partial charge in [-0.05, 0) is 31.4 Å². The van der Waals surface area contributed by atoms with Crippen LogP contribution in [0.3, 0.4) is 0 Å². The summed E-state index contributed by atoms with van der Waals surface area (Å²) in [4.78, 5) is 13.7. The van der Waals surface area contributed by atoms with E-state index in [9.17, 15) is 4.79 Å². The average Bonchev–Trinajstić information content (AvgIpc) is 2.38. The van der Waals surface area contributed by atoms with Gasteiger partial charge in [0.25, 0.3) is 0 Å². The molecule has 3 nitrogen and oxygen atoms in total. The molecule has 1 aliphatic rings. The minimum absolute atomic E-state index is 0.0746. The van der Waals surface area contributed by atoms with Crippen molar-refractivity contribution >= 4 is 5.91 Å². The predicted molar refractivity (Wildman–Crippen MR) is 78.3 cm³/mol. The number of piperidine rings is 1. The minimum Gasteiger partial charge on any atom is -0.352 e. The number of rotatable bonds is 3. The number of carbonyl (C=O) groups is 1. The van der Waals surface area contributed by atoms with Crippen molar-refractivity contribution in [1.29, 1.82) is 0 Å². The summed E-state index contributed by atoms with van der Waals surface area (Å²) in [7, 11) is 0. The number of benzene rings is 1. The largest absolute Gasteiger partial charge is 0.352 e. The van der Waals surface area contributed by atoms with Crippen molar-refractivity contribution in [1.82, 2.24) is 10.2 Å². The summed E-state index contributed by atoms with van der Waals surface area (Å²) in [6.07, 6.45) is 1.04. The number of hydrogen-bond donors (Lipinski definition) is 1. The summed E-state index contributed by atoms with van der Waals surface area (Å²) in [5.41, 5.74) is 2.68. The Bertz CT molecular complexity index is 427. The van der Waals surface area contributed by atoms with Crippen molar-refractivity contribution in [3.63, 3.8) is 0 Å². The molecule has 2 atom stereocenters. The first-order valence-corrected chi connectivity index (χ1v) is 7.14. The van der Waals surface area contributed by atoms with Gasteiger partial charge in [0.05, 0.1) is 0 Å². The van der Waals surface area contributed by atoms with Gasteiger partial charge in [0.2, 0.25) is 5.91 Å². The predicted octanol–water partition coefficient (Wildman–Crippen LogP) is 2.31. The molecular weight excluding hydrogens is 236 g/mol. The lowest BCUT2D eigenvalue weighted by molar-refractivity contribution is -0.120. The number of hydrogen-bond acceptors (Lipinski definition) is 2. The molecule has 1 aliphatic heterocycles. The third-order valence-electron chi connectivity index (χ3n) is 3.93. The van der Waals surface area contributed by atoms with Gasteiger partial charge in [0.1, 0.15) is 0 Å². The fraction of sp³-hybridized carbons (Fsp3) is 0.562. The van der Waals surface area contributed by atoms with E-state index in [0.717, 1.165) is 26.1 Å². The molecule has 0 spiro atoms. The van der Waals surface area contributed by atoms with E-state index in [-0.39, 0.29) is 11.9 Å². The zero-order chi connectivity index (χ0) is 13.8. The molecule has 2 unspecified atom stereocenters. The Labute approximate surface area is 116 Å². The molecule has 1 amide bonds. The second-order valence-corrected chi connectivity index (χ2v) is 5.59. The Morgan fingerprint density at radius 3 is 2.58 bits per heavy atom. The van der Waals surface area contributed by atoms with Crippen LogP contribution in [0.5, 0.6) is 0 Å². The number of carbonyl (C=O) groups excluding carboxylic acids is 1. The third-order valence-corrected chi connectivity index (χ3v) is 3.93. The number of likely N-dealkylation sites (tertiary alicyclic amines) is 1. The fourth-order valence-electron chi connectivity index (χ4n) is 2.92. The molecule has 1 N–H and O–H groups in total. The summed E-state index contributed by atoms with van der Waals surface area (Å²) in [5, 5.41) is 3.08. The van der Waals surface area contributed by atoms with Crippen molar-refractivity contribution in [3.8, 4) is 0 Å². The number of likely N-dealkylation sites (N-methyl/N-ethyl adjacent to an activating group) is 1. The van der Waals surface area contributed by atoms with E-state index in [0.29, 0.717) is 5.92 Å². The number of amides is 1. The van der Waals surface area contributed by atoms with Gasteiger partial charge in [-0.15, -0.1) is 0 Å². The van der Waals surface area contributed by atoms with Crippen LogP contribution in [0.4, 0.5) is 0 Å². The Morgan fingerprint density at radius 2 is 2.00 bits per heavy atom. The average molecular weight is 260 g/mol. The van der Waals surface area contributed by atoms with Crippen molar-refractivity contribution < 1.29 is 4.79 Å². The van der Waals surface area contributed by atoms with Gasteiger partial charge in [-0.2, -0.15) is 0 Å². The minimum atomic E-state index is 0.0746. The number of nitrogens with zero attached hydrogens (tertiary/aromatic N) is 1. The first kappa shape index (κ1) is 14.1. The Morgan fingerprint density at radius 1 is 1.32 bits per heavy atom. The van der Waals surface area contributed by atoms with Crippen LogP contribution >= 0.6 is 0 Å². The van der Waals surface area contributed by atoms with E-state index in [1.165, 1.54) is 11.1 Å². The highest BCUT2D eigenvalue weighted by molar-refractivity contribution is 5.73. The zero-order valence-electron chi connectivity index (χ0n) is 12.1. The molecule has 1 saturated heterocycles. The third kappa shape index (κ3) is 3.80. The quantitative estimate of drug-likeness (QED) is 0.904. The highest BCUT2D eigenvalue weighted by Crippen LogP contribution is 2.27. The molecule has 2 rings (SSSR count). The molecule has 1 heterocycles. The zero-order valence-corrected chi connectivity index (χ0v) is 12.1. The lowest BCUT2D eigenvalue weighted by Gasteiger charge is -2.37. The molecule has 1 aromatic rings. The molecule has 0 saturated carbocycles. The summed E-state index contributed by atoms with van der Waals surface area (Å²) in [6, 6.07) is 9.08. The molecule has 0 bridgehead atoms. The number of nitrogens with one attached hydrogen (secondary N) is 1. The van der Waals surface area contributed by atoms with Crippen molar-refractivity contribution in [2.75, 3.05) is 19.6 Å². The lowest BCUT2D eigenvalue weighted by Crippen LogP contribution is -2.49. The first-order valence-electron chi connectivity index (χ1n) is 7.14. The molecule has 1 fully saturated rings. The van der Waals surface area contributed by atoms with Gasteiger partial charge in [-0.3, -0.25) is 4.79 Å². The van der Waals surface area contributed by atoms with E-state index in [1.807, 2.05) is 0 Å². The van der Waals surface area contributed by atoms with Gasteiger partial charge >= 0.3 is 0 Å². The van der Waals surface area contributed by atoms with Crippen LogP contribution < -0.4 is 5.32 Å². The Kier molecular flexibility index (Phi) is 4.59. The van der Waals surface area contributed by atoms with Crippen LogP contribution in [0, 0.1) is 6.92 Å². The van der Waals surface area contributed by atoms with Crippen LogP contribution in [0.1, 0.15) is 37.3 Å². The monoisotopic (exact) mass is 260 g/mol. The normalized spacial score (nSPS) is 24.2. The summed E-state index contributed by atoms with van der Waals surface area (Å²) >= 11 is 0. The van der Waals surface area contributed by atoms with E-state index in [4.69, 9.17) is 0 Å². The highest BCUT2D eigenvalue weighted by atomic mass is 16.1. The summed E-state index contributed by atoms with van der Waals surface area (Å²) < 4.78 is 0. The summed E-state index contributed by atoms with van der Waals surface area (Å²) in [5.74, 6) is 0.594. The van der Waals surface area contributed by atoms with E-state index < -0.39 is 0 Å². The Balaban J connectivity index is 2.10. The smallest absolute Gasteiger partial charge is 0.217 e. The molecule has 0 aromatic heterocycles. The first-order chi connectivity index (χ1) is 9.08. The topological polar surface area (TPSA) is 32.3 Å². The van der Waals surface area contributed by atoms with Gasteiger partial charge in [0.15, 0.2) is 0 Å². The lowest BCUT2D eigenvalue weighted by atomic mass is 9.87. The molecule has 3 heteroatoms. The molecule has 0 radical (unpaired) electrons. The highest BCUT2D eigenvalue weighted by Gasteiger charge is 2.27. The van der Waals surface area contributed by atoms with E-state index >= 15 is 0 Å². The SMILES string of the molecule is CCN1CC(NC(C)=O)CC(c2ccc(C)cc2)C1. The van der Waals surface area contributed by atoms with Crippen LogP contribution in [-0.2, 0) is 4.79 Å². The van der Waals surface area contributed by atoms with Crippen LogP contribution in [0.2, 0.25) is 0 Å². The van der Waals surface area contributed by atoms with E-state index in [1.54, 1.807) is 6.92 Å². The maximum atomic E-state index is 11.3. The second kappa shape index (κ2) is 6.20. The van der Waals surface area contributed by atoms with Gasteiger partial charge in [-0.25, -0.2) is 0 Å². The van der Waals surface area contributed by atoms with Gasteiger partial charge in [-0.1, -0.05) is 36.8 Å². The van der Waals surface area contributed by atoms with Crippen LogP contribution in [0.25, 0.3) is 0 Å². The van der Waals surface area contributed by atoms with Crippen LogP contribution in [-0.4, -0.2) is 36.5 Å². The number of aryl methyl sites for hydroxylation is 1. The molecule has 1 aromatic carbocycles. The maximum Gasteiger partial charge on any atom is 0.217 e. The van der Waals surface area contributed by atoms with E-state index in [2.05, 4.69) is 48.3 Å². The second-order valence-electron chi connectivity index (χ2n) is 5.59. The van der Waals surface area contributed by atoms with Crippen molar-refractivity contribution in [3.05, 3.63) is 35.4 Å². The maximum absolute atomic E-state index is 11.3. The molecule has 19 heavy (non-hydrogen) atoms.